The maximum atomic E-state index is 12.9. The van der Waals surface area contributed by atoms with Gasteiger partial charge in [-0.05, 0) is 76.0 Å². The van der Waals surface area contributed by atoms with Gasteiger partial charge < -0.3 is 11.1 Å². The summed E-state index contributed by atoms with van der Waals surface area (Å²) in [7, 11) is 0. The van der Waals surface area contributed by atoms with Gasteiger partial charge >= 0.3 is 0 Å². The Morgan fingerprint density at radius 1 is 0.971 bits per heavy atom. The van der Waals surface area contributed by atoms with Crippen LogP contribution >= 0.6 is 11.8 Å². The minimum atomic E-state index is -0.475. The SMILES string of the molecule is CC(=O)C1CCC(CN2C(=O)CC(SCC(=O)NC3C4CCCCC(CCC4)C3N)C2=O)CC1. The molecule has 5 atom stereocenters. The van der Waals surface area contributed by atoms with Gasteiger partial charge in [0.2, 0.25) is 17.7 Å². The molecule has 1 aliphatic heterocycles. The van der Waals surface area contributed by atoms with Gasteiger partial charge in [0.15, 0.2) is 0 Å². The molecule has 5 unspecified atom stereocenters. The number of thioether (sulfide) groups is 1. The van der Waals surface area contributed by atoms with Crippen LogP contribution in [0.1, 0.15) is 84.0 Å². The molecule has 8 heteroatoms. The molecule has 4 rings (SSSR count). The van der Waals surface area contributed by atoms with Gasteiger partial charge in [-0.3, -0.25) is 24.1 Å². The van der Waals surface area contributed by atoms with Gasteiger partial charge in [-0.25, -0.2) is 0 Å². The number of ketones is 1. The first kappa shape index (κ1) is 25.7. The molecule has 190 valence electrons. The number of carbonyl (C=O) groups is 4. The third-order valence-electron chi connectivity index (χ3n) is 8.82. The van der Waals surface area contributed by atoms with E-state index in [0.29, 0.717) is 18.4 Å². The van der Waals surface area contributed by atoms with Gasteiger partial charge in [0, 0.05) is 31.0 Å². The zero-order valence-electron chi connectivity index (χ0n) is 20.5. The van der Waals surface area contributed by atoms with Crippen LogP contribution in [0.3, 0.4) is 0 Å². The smallest absolute Gasteiger partial charge is 0.242 e. The lowest BCUT2D eigenvalue weighted by Gasteiger charge is -2.36. The van der Waals surface area contributed by atoms with E-state index in [4.69, 9.17) is 5.73 Å². The van der Waals surface area contributed by atoms with E-state index in [0.717, 1.165) is 51.4 Å². The van der Waals surface area contributed by atoms with Gasteiger partial charge in [-0.1, -0.05) is 19.3 Å². The van der Waals surface area contributed by atoms with Crippen molar-refractivity contribution in [3.8, 4) is 0 Å². The molecule has 4 fully saturated rings. The van der Waals surface area contributed by atoms with Crippen LogP contribution in [-0.2, 0) is 19.2 Å². The molecule has 1 heterocycles. The first-order chi connectivity index (χ1) is 16.3. The summed E-state index contributed by atoms with van der Waals surface area (Å²) in [4.78, 5) is 51.3. The number of hydrogen-bond acceptors (Lipinski definition) is 6. The molecule has 0 aromatic carbocycles. The first-order valence-electron chi connectivity index (χ1n) is 13.3. The number of rotatable bonds is 7. The Labute approximate surface area is 207 Å². The summed E-state index contributed by atoms with van der Waals surface area (Å²) >= 11 is 1.29. The van der Waals surface area contributed by atoms with Crippen molar-refractivity contribution in [3.05, 3.63) is 0 Å². The molecule has 2 bridgehead atoms. The van der Waals surface area contributed by atoms with E-state index in [2.05, 4.69) is 5.32 Å². The average molecular weight is 492 g/mol. The Kier molecular flexibility index (Phi) is 8.72. The highest BCUT2D eigenvalue weighted by Crippen LogP contribution is 2.36. The molecule has 4 aliphatic rings. The van der Waals surface area contributed by atoms with Crippen molar-refractivity contribution >= 4 is 35.3 Å². The summed E-state index contributed by atoms with van der Waals surface area (Å²) in [5, 5.41) is 2.75. The fourth-order valence-electron chi connectivity index (χ4n) is 6.70. The summed E-state index contributed by atoms with van der Waals surface area (Å²) in [6, 6.07) is 0.0217. The molecule has 0 radical (unpaired) electrons. The fourth-order valence-corrected chi connectivity index (χ4v) is 7.66. The molecule has 7 nitrogen and oxygen atoms in total. The minimum absolute atomic E-state index is 0.00465. The number of Topliss-reactive ketones (excluding diaryl/α,β-unsaturated/α-hetero) is 1. The Balaban J connectivity index is 1.26. The Morgan fingerprint density at radius 3 is 2.32 bits per heavy atom. The molecular weight excluding hydrogens is 450 g/mol. The number of carbonyl (C=O) groups excluding carboxylic acids is 4. The maximum Gasteiger partial charge on any atom is 0.242 e. The van der Waals surface area contributed by atoms with Crippen LogP contribution in [0.2, 0.25) is 0 Å². The Hall–Kier alpha value is -1.41. The van der Waals surface area contributed by atoms with Gasteiger partial charge in [-0.2, -0.15) is 0 Å². The summed E-state index contributed by atoms with van der Waals surface area (Å²) in [6.45, 7) is 2.10. The zero-order chi connectivity index (χ0) is 24.2. The van der Waals surface area contributed by atoms with Gasteiger partial charge in [0.05, 0.1) is 11.0 Å². The maximum absolute atomic E-state index is 12.9. The van der Waals surface area contributed by atoms with Crippen molar-refractivity contribution < 1.29 is 19.2 Å². The number of imide groups is 1. The van der Waals surface area contributed by atoms with Crippen LogP contribution in [-0.4, -0.2) is 58.0 Å². The zero-order valence-corrected chi connectivity index (χ0v) is 21.3. The van der Waals surface area contributed by atoms with Crippen LogP contribution in [0.4, 0.5) is 0 Å². The summed E-state index contributed by atoms with van der Waals surface area (Å²) in [6.07, 6.45) is 11.8. The topological polar surface area (TPSA) is 110 Å². The van der Waals surface area contributed by atoms with E-state index in [1.807, 2.05) is 0 Å². The van der Waals surface area contributed by atoms with Crippen molar-refractivity contribution in [1.29, 1.82) is 0 Å². The third-order valence-corrected chi connectivity index (χ3v) is 10.0. The second-order valence-electron chi connectivity index (χ2n) is 11.1. The largest absolute Gasteiger partial charge is 0.351 e. The fraction of sp³-hybridized carbons (Fsp3) is 0.846. The monoisotopic (exact) mass is 491 g/mol. The minimum Gasteiger partial charge on any atom is -0.351 e. The van der Waals surface area contributed by atoms with Crippen molar-refractivity contribution in [2.75, 3.05) is 12.3 Å². The van der Waals surface area contributed by atoms with Crippen LogP contribution < -0.4 is 11.1 Å². The van der Waals surface area contributed by atoms with E-state index in [1.54, 1.807) is 6.92 Å². The highest BCUT2D eigenvalue weighted by molar-refractivity contribution is 8.01. The van der Waals surface area contributed by atoms with E-state index in [9.17, 15) is 19.2 Å². The van der Waals surface area contributed by atoms with E-state index in [-0.39, 0.29) is 59.6 Å². The normalized spacial score (nSPS) is 36.6. The standard InChI is InChI=1S/C26H41N3O4S/c1-16(30)18-11-9-17(10-12-18)14-29-23(32)13-21(26(29)33)34-15-22(31)28-25-20-6-3-2-5-19(24(25)27)7-4-8-20/h17-21,24-25H,2-15,27H2,1H3,(H,28,31). The molecule has 3 amide bonds. The van der Waals surface area contributed by atoms with Crippen LogP contribution in [0, 0.1) is 23.7 Å². The molecule has 3 N–H and O–H groups in total. The first-order valence-corrected chi connectivity index (χ1v) is 14.4. The Bertz CT molecular complexity index is 776. The number of nitrogens with one attached hydrogen (secondary N) is 1. The lowest BCUT2D eigenvalue weighted by molar-refractivity contribution is -0.139. The highest BCUT2D eigenvalue weighted by Gasteiger charge is 2.41. The lowest BCUT2D eigenvalue weighted by Crippen LogP contribution is -2.55. The number of nitrogens with zero attached hydrogens (tertiary/aromatic N) is 1. The molecule has 0 aromatic rings. The number of likely N-dealkylation sites (tertiary alicyclic amines) is 1. The van der Waals surface area contributed by atoms with Crippen LogP contribution in [0.25, 0.3) is 0 Å². The summed E-state index contributed by atoms with van der Waals surface area (Å²) in [5.74, 6) is 1.39. The lowest BCUT2D eigenvalue weighted by atomic mass is 9.80. The second-order valence-corrected chi connectivity index (χ2v) is 12.3. The van der Waals surface area contributed by atoms with Crippen molar-refractivity contribution in [3.63, 3.8) is 0 Å². The van der Waals surface area contributed by atoms with Crippen molar-refractivity contribution in [2.24, 2.45) is 29.4 Å². The summed E-state index contributed by atoms with van der Waals surface area (Å²) < 4.78 is 0. The predicted molar refractivity (Wildman–Crippen MR) is 133 cm³/mol. The Morgan fingerprint density at radius 2 is 1.62 bits per heavy atom. The van der Waals surface area contributed by atoms with Gasteiger partial charge in [0.1, 0.15) is 5.78 Å². The number of fused-ring (bicyclic) bond motifs is 3. The molecule has 0 spiro atoms. The van der Waals surface area contributed by atoms with Crippen molar-refractivity contribution in [2.45, 2.75) is 101 Å². The molecular formula is C26H41N3O4S. The van der Waals surface area contributed by atoms with Crippen LogP contribution in [0.15, 0.2) is 0 Å². The van der Waals surface area contributed by atoms with Crippen molar-refractivity contribution in [1.82, 2.24) is 10.2 Å². The number of hydrogen-bond donors (Lipinski definition) is 2. The molecule has 3 aliphatic carbocycles. The van der Waals surface area contributed by atoms with Gasteiger partial charge in [-0.15, -0.1) is 11.8 Å². The number of amides is 3. The van der Waals surface area contributed by atoms with E-state index >= 15 is 0 Å². The van der Waals surface area contributed by atoms with E-state index < -0.39 is 5.25 Å². The molecule has 1 saturated heterocycles. The molecule has 3 saturated carbocycles. The van der Waals surface area contributed by atoms with E-state index in [1.165, 1.54) is 35.9 Å². The van der Waals surface area contributed by atoms with Gasteiger partial charge in [0.25, 0.3) is 0 Å². The third kappa shape index (κ3) is 6.04. The predicted octanol–water partition coefficient (Wildman–Crippen LogP) is 3.04. The highest BCUT2D eigenvalue weighted by atomic mass is 32.2. The number of nitrogens with two attached hydrogens (primary N) is 1. The molecule has 0 aromatic heterocycles. The average Bonchev–Trinajstić information content (AvgIpc) is 3.07. The second kappa shape index (κ2) is 11.5. The van der Waals surface area contributed by atoms with Crippen LogP contribution in [0.5, 0.6) is 0 Å². The summed E-state index contributed by atoms with van der Waals surface area (Å²) in [5.41, 5.74) is 6.63. The quantitative estimate of drug-likeness (QED) is 0.530. The molecule has 34 heavy (non-hydrogen) atoms.